The van der Waals surface area contributed by atoms with E-state index in [0.29, 0.717) is 38.7 Å². The maximum atomic E-state index is 13.9. The Morgan fingerprint density at radius 3 is 2.75 bits per heavy atom. The average Bonchev–Trinajstić information content (AvgIpc) is 3.53. The van der Waals surface area contributed by atoms with E-state index in [1.54, 1.807) is 6.08 Å². The summed E-state index contributed by atoms with van der Waals surface area (Å²) < 4.78 is 44.3. The summed E-state index contributed by atoms with van der Waals surface area (Å²) >= 11 is 0. The molecule has 0 radical (unpaired) electrons. The first-order valence-electron chi connectivity index (χ1n) is 20.3. The first-order chi connectivity index (χ1) is 26.2. The van der Waals surface area contributed by atoms with Crippen molar-refractivity contribution in [1.82, 2.24) is 0 Å². The van der Waals surface area contributed by atoms with Gasteiger partial charge in [0.15, 0.2) is 24.0 Å². The first kappa shape index (κ1) is 40.0. The Morgan fingerprint density at radius 2 is 1.93 bits per heavy atom. The van der Waals surface area contributed by atoms with Crippen LogP contribution in [0.4, 0.5) is 8.78 Å². The Morgan fingerprint density at radius 1 is 1.11 bits per heavy atom. The third-order valence-corrected chi connectivity index (χ3v) is 14.5. The summed E-state index contributed by atoms with van der Waals surface area (Å²) in [4.78, 5) is 38.6. The third-order valence-electron chi connectivity index (χ3n) is 14.5. The van der Waals surface area contributed by atoms with Gasteiger partial charge in [0, 0.05) is 48.7 Å². The van der Waals surface area contributed by atoms with E-state index >= 15 is 0 Å². The highest BCUT2D eigenvalue weighted by Crippen LogP contribution is 2.65. The maximum absolute atomic E-state index is 13.9. The molecule has 1 unspecified atom stereocenters. The standard InChI is InChI=1S/C44H56F2O9/c1-42-17-14-29(47)20-27(42)7-11-33-34(42)15-18-43(2)35(33)16-19-44(43,52)40(50)25-55-41(51)5-3-4-26-6-10-32-31(37(49)22-38(32)53-23-26)12-9-30(48)24-54-39-21-28(45)8-13-36(39)46/h8-9,12-13,15,20-21,26,30-33,35,37-38,48-49,52H,3-7,10-11,14,16-19,22-25H2,1-2H3/b12-9+/t26-,30?,31+,32+,33-,35+,37+,38-,42+,43+,44+/m1/s1. The molecule has 11 heteroatoms. The van der Waals surface area contributed by atoms with Gasteiger partial charge in [-0.3, -0.25) is 14.4 Å². The molecule has 1 aromatic carbocycles. The van der Waals surface area contributed by atoms with E-state index in [2.05, 4.69) is 13.0 Å². The molecule has 0 aromatic heterocycles. The van der Waals surface area contributed by atoms with Crippen molar-refractivity contribution in [2.75, 3.05) is 19.8 Å². The highest BCUT2D eigenvalue weighted by molar-refractivity contribution is 5.92. The van der Waals surface area contributed by atoms with E-state index in [1.807, 2.05) is 13.0 Å². The van der Waals surface area contributed by atoms with Gasteiger partial charge in [0.25, 0.3) is 0 Å². The van der Waals surface area contributed by atoms with Gasteiger partial charge in [-0.15, -0.1) is 0 Å². The zero-order valence-electron chi connectivity index (χ0n) is 32.0. The molecule has 55 heavy (non-hydrogen) atoms. The topological polar surface area (TPSA) is 140 Å². The molecule has 0 spiro atoms. The van der Waals surface area contributed by atoms with E-state index in [4.69, 9.17) is 14.2 Å². The molecule has 300 valence electrons. The predicted octanol–water partition coefficient (Wildman–Crippen LogP) is 6.52. The highest BCUT2D eigenvalue weighted by Gasteiger charge is 2.64. The molecular formula is C44H56F2O9. The Balaban J connectivity index is 0.853. The number of carbonyl (C=O) groups is 3. The van der Waals surface area contributed by atoms with E-state index in [-0.39, 0.29) is 65.7 Å². The summed E-state index contributed by atoms with van der Waals surface area (Å²) in [7, 11) is 0. The molecule has 4 fully saturated rings. The fourth-order valence-electron chi connectivity index (χ4n) is 11.2. The lowest BCUT2D eigenvalue weighted by Crippen LogP contribution is -2.55. The van der Waals surface area contributed by atoms with Gasteiger partial charge in [0.1, 0.15) is 24.1 Å². The smallest absolute Gasteiger partial charge is 0.306 e. The number of benzene rings is 1. The van der Waals surface area contributed by atoms with Crippen molar-refractivity contribution in [2.45, 2.75) is 121 Å². The zero-order valence-corrected chi connectivity index (χ0v) is 32.0. The molecule has 7 rings (SSSR count). The molecule has 9 nitrogen and oxygen atoms in total. The Kier molecular flexibility index (Phi) is 11.6. The second-order valence-corrected chi connectivity index (χ2v) is 17.6. The molecule has 1 saturated heterocycles. The molecule has 11 atom stereocenters. The summed E-state index contributed by atoms with van der Waals surface area (Å²) in [6, 6.07) is 2.87. The summed E-state index contributed by atoms with van der Waals surface area (Å²) in [5.41, 5.74) is 0.267. The number of allylic oxidation sites excluding steroid dienone is 4. The number of hydrogen-bond donors (Lipinski definition) is 3. The highest BCUT2D eigenvalue weighted by atomic mass is 19.1. The van der Waals surface area contributed by atoms with Crippen molar-refractivity contribution < 1.29 is 52.7 Å². The number of Topliss-reactive ketones (excluding diaryl/α,β-unsaturated/α-hetero) is 1. The van der Waals surface area contributed by atoms with Crippen LogP contribution in [0.5, 0.6) is 5.75 Å². The lowest BCUT2D eigenvalue weighted by molar-refractivity contribution is -0.163. The molecule has 3 N–H and O–H groups in total. The van der Waals surface area contributed by atoms with E-state index in [0.717, 1.165) is 63.1 Å². The Labute approximate surface area is 322 Å². The predicted molar refractivity (Wildman–Crippen MR) is 199 cm³/mol. The number of ketones is 2. The Hall–Kier alpha value is -3.25. The van der Waals surface area contributed by atoms with Gasteiger partial charge in [-0.05, 0) is 106 Å². The number of carbonyl (C=O) groups excluding carboxylic acids is 3. The molecule has 1 aliphatic heterocycles. The van der Waals surface area contributed by atoms with E-state index in [1.165, 1.54) is 17.2 Å². The number of fused-ring (bicyclic) bond motifs is 6. The third kappa shape index (κ3) is 7.75. The number of halogens is 2. The number of hydrogen-bond acceptors (Lipinski definition) is 9. The minimum Gasteiger partial charge on any atom is -0.487 e. The van der Waals surface area contributed by atoms with Gasteiger partial charge >= 0.3 is 5.97 Å². The van der Waals surface area contributed by atoms with Crippen molar-refractivity contribution in [3.05, 3.63) is 65.3 Å². The van der Waals surface area contributed by atoms with Gasteiger partial charge in [-0.1, -0.05) is 43.2 Å². The molecule has 0 bridgehead atoms. The van der Waals surface area contributed by atoms with Crippen LogP contribution in [-0.2, 0) is 23.9 Å². The van der Waals surface area contributed by atoms with Crippen molar-refractivity contribution in [1.29, 1.82) is 0 Å². The first-order valence-corrected chi connectivity index (χ1v) is 20.3. The number of aliphatic hydroxyl groups is 3. The van der Waals surface area contributed by atoms with Crippen LogP contribution in [0, 0.1) is 52.1 Å². The number of esters is 1. The van der Waals surface area contributed by atoms with Gasteiger partial charge < -0.3 is 29.5 Å². The van der Waals surface area contributed by atoms with Crippen LogP contribution < -0.4 is 4.74 Å². The van der Waals surface area contributed by atoms with Crippen LogP contribution in [-0.4, -0.2) is 76.6 Å². The fraction of sp³-hybridized carbons (Fsp3) is 0.659. The largest absolute Gasteiger partial charge is 0.487 e. The monoisotopic (exact) mass is 766 g/mol. The summed E-state index contributed by atoms with van der Waals surface area (Å²) in [5.74, 6) is -1.91. The minimum atomic E-state index is -1.57. The molecule has 0 amide bonds. The molecule has 5 aliphatic carbocycles. The van der Waals surface area contributed by atoms with Gasteiger partial charge in [0.05, 0.1) is 12.2 Å². The second kappa shape index (κ2) is 15.9. The van der Waals surface area contributed by atoms with Crippen LogP contribution in [0.3, 0.4) is 0 Å². The fourth-order valence-corrected chi connectivity index (χ4v) is 11.2. The molecular weight excluding hydrogens is 710 g/mol. The molecule has 1 aromatic rings. The van der Waals surface area contributed by atoms with Crippen molar-refractivity contribution in [2.24, 2.45) is 40.4 Å². The van der Waals surface area contributed by atoms with Crippen molar-refractivity contribution in [3.8, 4) is 5.75 Å². The summed E-state index contributed by atoms with van der Waals surface area (Å²) in [5, 5.41) is 33.2. The summed E-state index contributed by atoms with van der Waals surface area (Å²) in [6.45, 7) is 4.07. The maximum Gasteiger partial charge on any atom is 0.306 e. The SMILES string of the molecule is C[C@]12CCC(=O)C=C1CC[C@@H]1C2=CC[C@@]2(C)[C@H]1CC[C@]2(O)C(=O)COC(=O)CCC[C@@H]1CC[C@H]2[C@H](/C=C/C(O)COc3cc(F)ccc3F)[C@@H](O)C[C@H]2OC1. The average molecular weight is 767 g/mol. The van der Waals surface area contributed by atoms with Crippen molar-refractivity contribution >= 4 is 17.5 Å². The molecule has 1 heterocycles. The van der Waals surface area contributed by atoms with Gasteiger partial charge in [0.2, 0.25) is 5.78 Å². The summed E-state index contributed by atoms with van der Waals surface area (Å²) in [6.07, 6.45) is 13.9. The molecule has 3 saturated carbocycles. The van der Waals surface area contributed by atoms with Crippen LogP contribution in [0.15, 0.2) is 53.6 Å². The number of rotatable bonds is 12. The quantitative estimate of drug-likeness (QED) is 0.160. The van der Waals surface area contributed by atoms with Crippen molar-refractivity contribution in [3.63, 3.8) is 0 Å². The lowest BCUT2D eigenvalue weighted by Gasteiger charge is -2.54. The van der Waals surface area contributed by atoms with Crippen LogP contribution in [0.2, 0.25) is 0 Å². The minimum absolute atomic E-state index is 0.0449. The van der Waals surface area contributed by atoms with Crippen LogP contribution >= 0.6 is 0 Å². The number of ether oxygens (including phenoxy) is 3. The normalized spacial score (nSPS) is 37.5. The zero-order chi connectivity index (χ0) is 39.1. The van der Waals surface area contributed by atoms with Crippen LogP contribution in [0.1, 0.15) is 97.3 Å². The molecule has 6 aliphatic rings. The van der Waals surface area contributed by atoms with Crippen LogP contribution in [0.25, 0.3) is 0 Å². The number of aliphatic hydroxyl groups excluding tert-OH is 2. The van der Waals surface area contributed by atoms with E-state index in [9.17, 15) is 38.5 Å². The Bertz CT molecular complexity index is 1740. The second-order valence-electron chi connectivity index (χ2n) is 17.6. The lowest BCUT2D eigenvalue weighted by atomic mass is 9.50. The van der Waals surface area contributed by atoms with E-state index < -0.39 is 53.2 Å². The van der Waals surface area contributed by atoms with Gasteiger partial charge in [-0.2, -0.15) is 0 Å². The van der Waals surface area contributed by atoms with Gasteiger partial charge in [-0.25, -0.2) is 8.78 Å².